The second-order valence-electron chi connectivity index (χ2n) is 8.85. The highest BCUT2D eigenvalue weighted by Crippen LogP contribution is 2.52. The number of para-hydroxylation sites is 1. The number of imide groups is 1. The van der Waals surface area contributed by atoms with Crippen LogP contribution in [-0.2, 0) is 9.59 Å². The van der Waals surface area contributed by atoms with Gasteiger partial charge in [0.2, 0.25) is 11.8 Å². The van der Waals surface area contributed by atoms with E-state index >= 15 is 0 Å². The zero-order valence-electron chi connectivity index (χ0n) is 18.1. The van der Waals surface area contributed by atoms with Gasteiger partial charge in [0.05, 0.1) is 17.5 Å². The average molecular weight is 514 g/mol. The van der Waals surface area contributed by atoms with Crippen LogP contribution in [0.4, 0.5) is 5.69 Å². The Bertz CT molecular complexity index is 1350. The van der Waals surface area contributed by atoms with Gasteiger partial charge in [0, 0.05) is 27.6 Å². The Morgan fingerprint density at radius 2 is 1.53 bits per heavy atom. The van der Waals surface area contributed by atoms with Crippen molar-refractivity contribution in [2.45, 2.75) is 12.5 Å². The molecule has 0 spiro atoms. The van der Waals surface area contributed by atoms with Gasteiger partial charge < -0.3 is 4.74 Å². The van der Waals surface area contributed by atoms with Gasteiger partial charge in [-0.25, -0.2) is 4.90 Å². The first-order chi connectivity index (χ1) is 16.5. The van der Waals surface area contributed by atoms with Gasteiger partial charge in [-0.05, 0) is 36.2 Å². The number of rotatable bonds is 4. The van der Waals surface area contributed by atoms with Crippen molar-refractivity contribution in [3.63, 3.8) is 0 Å². The Morgan fingerprint density at radius 1 is 0.853 bits per heavy atom. The van der Waals surface area contributed by atoms with Gasteiger partial charge in [-0.1, -0.05) is 70.5 Å². The summed E-state index contributed by atoms with van der Waals surface area (Å²) < 4.78 is 7.08. The third kappa shape index (κ3) is 3.24. The predicted octanol–water partition coefficient (Wildman–Crippen LogP) is 5.30. The second-order valence-corrected chi connectivity index (χ2v) is 9.77. The lowest BCUT2D eigenvalue weighted by molar-refractivity contribution is -0.123. The summed E-state index contributed by atoms with van der Waals surface area (Å²) in [6.45, 7) is 0. The molecule has 0 radical (unpaired) electrons. The number of halogens is 1. The van der Waals surface area contributed by atoms with Crippen molar-refractivity contribution in [1.82, 2.24) is 0 Å². The van der Waals surface area contributed by atoms with Crippen LogP contribution in [0.15, 0.2) is 89.4 Å². The molecule has 3 aliphatic rings. The summed E-state index contributed by atoms with van der Waals surface area (Å²) in [6, 6.07) is 23.8. The first kappa shape index (κ1) is 21.1. The molecular formula is C28H20BrNO4. The maximum Gasteiger partial charge on any atom is 0.241 e. The number of benzene rings is 3. The lowest BCUT2D eigenvalue weighted by Gasteiger charge is -2.32. The first-order valence-corrected chi connectivity index (χ1v) is 12.0. The maximum absolute atomic E-state index is 13.7. The number of hydrogen-bond acceptors (Lipinski definition) is 4. The minimum absolute atomic E-state index is 0.0470. The molecule has 0 bridgehead atoms. The third-order valence-electron chi connectivity index (χ3n) is 6.94. The number of carbonyl (C=O) groups is 3. The summed E-state index contributed by atoms with van der Waals surface area (Å²) in [5, 5.41) is 0. The van der Waals surface area contributed by atoms with E-state index in [1.54, 1.807) is 36.4 Å². The van der Waals surface area contributed by atoms with Crippen molar-refractivity contribution in [3.8, 4) is 5.75 Å². The van der Waals surface area contributed by atoms with Crippen molar-refractivity contribution in [2.24, 2.45) is 17.8 Å². The van der Waals surface area contributed by atoms with Gasteiger partial charge in [0.15, 0.2) is 5.78 Å². The molecule has 5 nitrogen and oxygen atoms in total. The minimum atomic E-state index is -0.683. The summed E-state index contributed by atoms with van der Waals surface area (Å²) in [6.07, 6.45) is 1.60. The fraction of sp³-hybridized carbons (Fsp3) is 0.179. The van der Waals surface area contributed by atoms with Gasteiger partial charge in [-0.3, -0.25) is 14.4 Å². The molecule has 2 aliphatic heterocycles. The highest BCUT2D eigenvalue weighted by atomic mass is 79.9. The standard InChI is InChI=1S/C28H20BrNO4/c29-18-10-12-19(13-11-18)30-27(32)24-17(15-22(31)16-6-2-1-3-7-16)14-21-20-8-4-5-9-23(20)34-26(21)25(24)28(30)33/h1-14,17,24-26H,15H2/t17-,24+,25+,26-/m1/s1. The van der Waals surface area contributed by atoms with Crippen LogP contribution in [0.1, 0.15) is 22.3 Å². The molecule has 0 saturated carbocycles. The maximum atomic E-state index is 13.7. The lowest BCUT2D eigenvalue weighted by atomic mass is 9.70. The van der Waals surface area contributed by atoms with E-state index in [1.807, 2.05) is 48.5 Å². The molecule has 1 fully saturated rings. The highest BCUT2D eigenvalue weighted by molar-refractivity contribution is 9.10. The largest absolute Gasteiger partial charge is 0.484 e. The van der Waals surface area contributed by atoms with Crippen molar-refractivity contribution in [1.29, 1.82) is 0 Å². The number of nitrogens with zero attached hydrogens (tertiary/aromatic N) is 1. The fourth-order valence-corrected chi connectivity index (χ4v) is 5.68. The Morgan fingerprint density at radius 3 is 2.29 bits per heavy atom. The summed E-state index contributed by atoms with van der Waals surface area (Å²) >= 11 is 3.40. The van der Waals surface area contributed by atoms with Crippen LogP contribution >= 0.6 is 15.9 Å². The first-order valence-electron chi connectivity index (χ1n) is 11.2. The number of hydrogen-bond donors (Lipinski definition) is 0. The van der Waals surface area contributed by atoms with E-state index in [2.05, 4.69) is 15.9 Å². The Balaban J connectivity index is 1.43. The molecule has 3 aromatic rings. The second kappa shape index (κ2) is 8.06. The fourth-order valence-electron chi connectivity index (χ4n) is 5.41. The molecular weight excluding hydrogens is 494 g/mol. The molecule has 4 atom stereocenters. The Hall–Kier alpha value is -3.51. The summed E-state index contributed by atoms with van der Waals surface area (Å²) in [5.74, 6) is -1.65. The lowest BCUT2D eigenvalue weighted by Crippen LogP contribution is -2.40. The molecule has 1 saturated heterocycles. The van der Waals surface area contributed by atoms with Crippen LogP contribution in [0.5, 0.6) is 5.75 Å². The number of carbonyl (C=O) groups excluding carboxylic acids is 3. The van der Waals surface area contributed by atoms with Gasteiger partial charge in [-0.2, -0.15) is 0 Å². The highest BCUT2D eigenvalue weighted by Gasteiger charge is 2.59. The van der Waals surface area contributed by atoms with E-state index in [9.17, 15) is 14.4 Å². The number of anilines is 1. The minimum Gasteiger partial charge on any atom is -0.484 e. The van der Waals surface area contributed by atoms with Gasteiger partial charge >= 0.3 is 0 Å². The topological polar surface area (TPSA) is 63.7 Å². The van der Waals surface area contributed by atoms with E-state index in [0.29, 0.717) is 17.0 Å². The number of ether oxygens (including phenoxy) is 1. The Labute approximate surface area is 205 Å². The van der Waals surface area contributed by atoms with Crippen molar-refractivity contribution >= 4 is 44.8 Å². The van der Waals surface area contributed by atoms with Crippen LogP contribution in [0, 0.1) is 17.8 Å². The number of Topliss-reactive ketones (excluding diaryl/α,β-unsaturated/α-hetero) is 1. The predicted molar refractivity (Wildman–Crippen MR) is 131 cm³/mol. The summed E-state index contributed by atoms with van der Waals surface area (Å²) in [5.41, 5.74) is 2.94. The molecule has 0 aromatic heterocycles. The zero-order valence-corrected chi connectivity index (χ0v) is 19.6. The average Bonchev–Trinajstić information content (AvgIpc) is 3.35. The molecule has 34 heavy (non-hydrogen) atoms. The molecule has 0 N–H and O–H groups in total. The van der Waals surface area contributed by atoms with Crippen LogP contribution in [0.25, 0.3) is 5.57 Å². The molecule has 2 amide bonds. The van der Waals surface area contributed by atoms with Crippen molar-refractivity contribution in [2.75, 3.05) is 4.90 Å². The Kier molecular flexibility index (Phi) is 4.99. The number of amides is 2. The number of allylic oxidation sites excluding steroid dienone is 1. The molecule has 0 unspecified atom stereocenters. The van der Waals surface area contributed by atoms with E-state index in [4.69, 9.17) is 4.74 Å². The van der Waals surface area contributed by atoms with Crippen LogP contribution < -0.4 is 9.64 Å². The smallest absolute Gasteiger partial charge is 0.241 e. The molecule has 1 aliphatic carbocycles. The molecule has 2 heterocycles. The van der Waals surface area contributed by atoms with E-state index < -0.39 is 23.9 Å². The SMILES string of the molecule is O=C(C[C@H]1C=C2c3ccccc3O[C@H]2[C@H]2C(=O)N(c3ccc(Br)cc3)C(=O)[C@H]21)c1ccccc1. The van der Waals surface area contributed by atoms with Gasteiger partial charge in [0.25, 0.3) is 0 Å². The van der Waals surface area contributed by atoms with Crippen molar-refractivity contribution < 1.29 is 19.1 Å². The van der Waals surface area contributed by atoms with Gasteiger partial charge in [-0.15, -0.1) is 0 Å². The van der Waals surface area contributed by atoms with E-state index in [0.717, 1.165) is 15.6 Å². The molecule has 6 rings (SSSR count). The summed E-state index contributed by atoms with van der Waals surface area (Å²) in [4.78, 5) is 41.9. The van der Waals surface area contributed by atoms with E-state index in [-0.39, 0.29) is 24.0 Å². The molecule has 168 valence electrons. The van der Waals surface area contributed by atoms with Crippen molar-refractivity contribution in [3.05, 3.63) is 101 Å². The van der Waals surface area contributed by atoms with Crippen LogP contribution in [0.3, 0.4) is 0 Å². The number of ketones is 1. The number of fused-ring (bicyclic) bond motifs is 5. The monoisotopic (exact) mass is 513 g/mol. The normalized spacial score (nSPS) is 24.7. The van der Waals surface area contributed by atoms with Gasteiger partial charge in [0.1, 0.15) is 11.9 Å². The molecule has 6 heteroatoms. The van der Waals surface area contributed by atoms with Crippen LogP contribution in [-0.4, -0.2) is 23.7 Å². The summed E-state index contributed by atoms with van der Waals surface area (Å²) in [7, 11) is 0. The third-order valence-corrected chi connectivity index (χ3v) is 7.47. The zero-order chi connectivity index (χ0) is 23.4. The quantitative estimate of drug-likeness (QED) is 0.350. The molecule has 3 aromatic carbocycles. The van der Waals surface area contributed by atoms with Crippen LogP contribution in [0.2, 0.25) is 0 Å². The van der Waals surface area contributed by atoms with E-state index in [1.165, 1.54) is 4.90 Å².